The first kappa shape index (κ1) is 17.2. The number of aliphatic imine (C=N–C) groups is 1. The molecule has 0 amide bonds. The number of hydrogen-bond acceptors (Lipinski definition) is 5. The Morgan fingerprint density at radius 2 is 2.24 bits per heavy atom. The maximum absolute atomic E-state index is 5.81. The number of nitrogens with zero attached hydrogens (tertiary/aromatic N) is 3. The average molecular weight is 336 g/mol. The largest absolute Gasteiger partial charge is 0.453 e. The maximum Gasteiger partial charge on any atom is 0.155 e. The number of hydrogen-bond donors (Lipinski definition) is 1. The van der Waals surface area contributed by atoms with Gasteiger partial charge in [0.15, 0.2) is 11.3 Å². The molecule has 130 valence electrons. The summed E-state index contributed by atoms with van der Waals surface area (Å²) < 4.78 is 5.81. The summed E-state index contributed by atoms with van der Waals surface area (Å²) in [4.78, 5) is 8.68. The van der Waals surface area contributed by atoms with Crippen molar-refractivity contribution in [2.45, 2.75) is 39.7 Å². The van der Waals surface area contributed by atoms with Gasteiger partial charge in [-0.1, -0.05) is 31.1 Å². The maximum atomic E-state index is 5.81. The van der Waals surface area contributed by atoms with Gasteiger partial charge in [0.05, 0.1) is 6.04 Å². The predicted molar refractivity (Wildman–Crippen MR) is 104 cm³/mol. The van der Waals surface area contributed by atoms with Crippen molar-refractivity contribution >= 4 is 29.3 Å². The van der Waals surface area contributed by atoms with E-state index in [9.17, 15) is 0 Å². The first-order valence-electron chi connectivity index (χ1n) is 8.63. The van der Waals surface area contributed by atoms with Gasteiger partial charge in [-0.3, -0.25) is 10.0 Å². The molecule has 0 fully saturated rings. The zero-order valence-corrected chi connectivity index (χ0v) is 15.0. The number of pyridine rings is 1. The van der Waals surface area contributed by atoms with Crippen molar-refractivity contribution < 1.29 is 4.42 Å². The van der Waals surface area contributed by atoms with Crippen LogP contribution in [0.2, 0.25) is 0 Å². The van der Waals surface area contributed by atoms with Gasteiger partial charge >= 0.3 is 0 Å². The molecule has 0 radical (unpaired) electrons. The van der Waals surface area contributed by atoms with Gasteiger partial charge in [0.2, 0.25) is 0 Å². The molecule has 1 aliphatic heterocycles. The van der Waals surface area contributed by atoms with E-state index < -0.39 is 0 Å². The van der Waals surface area contributed by atoms with Gasteiger partial charge in [-0.05, 0) is 45.2 Å². The summed E-state index contributed by atoms with van der Waals surface area (Å²) in [6.07, 6.45) is 10.5. The van der Waals surface area contributed by atoms with Crippen molar-refractivity contribution in [2.75, 3.05) is 5.01 Å². The smallest absolute Gasteiger partial charge is 0.155 e. The fourth-order valence-electron chi connectivity index (χ4n) is 3.01. The monoisotopic (exact) mass is 336 g/mol. The minimum absolute atomic E-state index is 0.224. The van der Waals surface area contributed by atoms with Gasteiger partial charge in [-0.25, -0.2) is 10.4 Å². The van der Waals surface area contributed by atoms with E-state index in [0.717, 1.165) is 35.5 Å². The van der Waals surface area contributed by atoms with Crippen LogP contribution in [-0.2, 0) is 0 Å². The molecule has 1 N–H and O–H groups in total. The lowest BCUT2D eigenvalue weighted by Crippen LogP contribution is -2.36. The van der Waals surface area contributed by atoms with E-state index in [1.165, 1.54) is 5.57 Å². The molecular weight excluding hydrogens is 312 g/mol. The number of anilines is 1. The zero-order valence-electron chi connectivity index (χ0n) is 15.0. The number of fused-ring (bicyclic) bond motifs is 1. The van der Waals surface area contributed by atoms with Crippen molar-refractivity contribution in [3.8, 4) is 0 Å². The molecule has 1 aliphatic rings. The second kappa shape index (κ2) is 7.49. The van der Waals surface area contributed by atoms with E-state index in [1.54, 1.807) is 0 Å². The van der Waals surface area contributed by atoms with Crippen LogP contribution in [0.3, 0.4) is 0 Å². The van der Waals surface area contributed by atoms with Crippen LogP contribution in [0.4, 0.5) is 5.82 Å². The molecule has 0 spiro atoms. The Kier molecular flexibility index (Phi) is 5.14. The first-order chi connectivity index (χ1) is 12.2. The third-order valence-electron chi connectivity index (χ3n) is 4.32. The second-order valence-corrected chi connectivity index (χ2v) is 5.93. The molecule has 2 aromatic rings. The standard InChI is InChI=1S/C20H24N4O/c1-5-8-14(6-2)16-11-12-24(23-16)20-10-9-18-17(22-20)13-19(25-18)15(7-3)21-4/h6-7,9-13,16,23H,4-5,8H2,1-3H3/b14-6+,15-7-. The van der Waals surface area contributed by atoms with Gasteiger partial charge in [-0.2, -0.15) is 0 Å². The molecule has 3 rings (SSSR count). The predicted octanol–water partition coefficient (Wildman–Crippen LogP) is 4.84. The van der Waals surface area contributed by atoms with Crippen molar-refractivity contribution in [3.63, 3.8) is 0 Å². The second-order valence-electron chi connectivity index (χ2n) is 5.93. The molecule has 0 aliphatic carbocycles. The van der Waals surface area contributed by atoms with Crippen molar-refractivity contribution in [1.82, 2.24) is 10.4 Å². The lowest BCUT2D eigenvalue weighted by molar-refractivity contribution is 0.598. The normalized spacial score (nSPS) is 18.4. The molecule has 0 saturated heterocycles. The van der Waals surface area contributed by atoms with E-state index in [1.807, 2.05) is 42.4 Å². The molecule has 5 nitrogen and oxygen atoms in total. The van der Waals surface area contributed by atoms with Gasteiger partial charge in [0.1, 0.15) is 17.0 Å². The Balaban J connectivity index is 1.83. The molecule has 1 atom stereocenters. The molecule has 3 heterocycles. The highest BCUT2D eigenvalue weighted by Crippen LogP contribution is 2.27. The van der Waals surface area contributed by atoms with Crippen molar-refractivity contribution in [1.29, 1.82) is 0 Å². The summed E-state index contributed by atoms with van der Waals surface area (Å²) in [5, 5.41) is 1.96. The van der Waals surface area contributed by atoms with Crippen LogP contribution in [0.15, 0.2) is 57.6 Å². The number of rotatable bonds is 6. The molecule has 5 heteroatoms. The summed E-state index contributed by atoms with van der Waals surface area (Å²) in [5.74, 6) is 1.51. The lowest BCUT2D eigenvalue weighted by Gasteiger charge is -2.20. The summed E-state index contributed by atoms with van der Waals surface area (Å²) in [6.45, 7) is 9.77. The average Bonchev–Trinajstić information content (AvgIpc) is 3.27. The Labute approximate surface area is 148 Å². The van der Waals surface area contributed by atoms with Gasteiger partial charge < -0.3 is 4.42 Å². The third kappa shape index (κ3) is 3.42. The van der Waals surface area contributed by atoms with Gasteiger partial charge in [0, 0.05) is 12.3 Å². The fourth-order valence-corrected chi connectivity index (χ4v) is 3.01. The molecule has 25 heavy (non-hydrogen) atoms. The van der Waals surface area contributed by atoms with E-state index in [4.69, 9.17) is 9.40 Å². The van der Waals surface area contributed by atoms with Crippen LogP contribution in [0, 0.1) is 0 Å². The van der Waals surface area contributed by atoms with Crippen LogP contribution < -0.4 is 10.4 Å². The molecular formula is C20H24N4O. The summed E-state index contributed by atoms with van der Waals surface area (Å²) in [6, 6.07) is 6.00. The number of furan rings is 1. The quantitative estimate of drug-likeness (QED) is 0.605. The molecule has 1 unspecified atom stereocenters. The Hall–Kier alpha value is -2.66. The molecule has 2 aromatic heterocycles. The number of hydrazine groups is 1. The summed E-state index contributed by atoms with van der Waals surface area (Å²) >= 11 is 0. The molecule has 0 saturated carbocycles. The molecule has 0 bridgehead atoms. The third-order valence-corrected chi connectivity index (χ3v) is 4.32. The zero-order chi connectivity index (χ0) is 17.8. The Morgan fingerprint density at radius 3 is 2.92 bits per heavy atom. The minimum Gasteiger partial charge on any atom is -0.453 e. The van der Waals surface area contributed by atoms with Crippen molar-refractivity contribution in [3.05, 3.63) is 54.0 Å². The lowest BCUT2D eigenvalue weighted by atomic mass is 10.0. The highest BCUT2D eigenvalue weighted by atomic mass is 16.3. The van der Waals surface area contributed by atoms with E-state index in [0.29, 0.717) is 5.76 Å². The summed E-state index contributed by atoms with van der Waals surface area (Å²) in [5.41, 5.74) is 7.13. The van der Waals surface area contributed by atoms with Crippen molar-refractivity contribution in [2.24, 2.45) is 4.99 Å². The van der Waals surface area contributed by atoms with Crippen LogP contribution in [0.25, 0.3) is 16.8 Å². The molecule has 0 aromatic carbocycles. The minimum atomic E-state index is 0.224. The SMILES string of the molecule is C=N/C(=C\C)c1cc2nc(N3C=CC(/C(=C/C)CCC)N3)ccc2o1. The van der Waals surface area contributed by atoms with E-state index in [2.05, 4.69) is 43.1 Å². The van der Waals surface area contributed by atoms with Gasteiger partial charge in [0.25, 0.3) is 0 Å². The highest BCUT2D eigenvalue weighted by Gasteiger charge is 2.20. The highest BCUT2D eigenvalue weighted by molar-refractivity contribution is 5.80. The number of aromatic nitrogens is 1. The van der Waals surface area contributed by atoms with Gasteiger partial charge in [-0.15, -0.1) is 0 Å². The Morgan fingerprint density at radius 1 is 1.40 bits per heavy atom. The van der Waals surface area contributed by atoms with E-state index in [-0.39, 0.29) is 6.04 Å². The summed E-state index contributed by atoms with van der Waals surface area (Å²) in [7, 11) is 0. The first-order valence-corrected chi connectivity index (χ1v) is 8.63. The van der Waals surface area contributed by atoms with E-state index >= 15 is 0 Å². The van der Waals surface area contributed by atoms with Crippen LogP contribution >= 0.6 is 0 Å². The number of allylic oxidation sites excluding steroid dienone is 2. The number of nitrogens with one attached hydrogen (secondary N) is 1. The Bertz CT molecular complexity index is 860. The van der Waals surface area contributed by atoms with Crippen LogP contribution in [-0.4, -0.2) is 17.7 Å². The van der Waals surface area contributed by atoms with Crippen LogP contribution in [0.1, 0.15) is 39.4 Å². The fraction of sp³-hybridized carbons (Fsp3) is 0.300. The van der Waals surface area contributed by atoms with Crippen LogP contribution in [0.5, 0.6) is 0 Å². The topological polar surface area (TPSA) is 53.7 Å².